The van der Waals surface area contributed by atoms with Crippen molar-refractivity contribution in [2.45, 2.75) is 25.3 Å². The molecule has 1 unspecified atom stereocenters. The van der Waals surface area contributed by atoms with E-state index in [2.05, 4.69) is 5.10 Å². The smallest absolute Gasteiger partial charge is 0.346 e. The van der Waals surface area contributed by atoms with Crippen molar-refractivity contribution in [3.63, 3.8) is 0 Å². The van der Waals surface area contributed by atoms with Gasteiger partial charge in [-0.2, -0.15) is 0 Å². The Morgan fingerprint density at radius 3 is 2.58 bits per heavy atom. The predicted molar refractivity (Wildman–Crippen MR) is 67.3 cm³/mol. The summed E-state index contributed by atoms with van der Waals surface area (Å²) in [5.41, 5.74) is -2.27. The van der Waals surface area contributed by atoms with Gasteiger partial charge in [0, 0.05) is 20.6 Å². The third kappa shape index (κ3) is 1.83. The van der Waals surface area contributed by atoms with Gasteiger partial charge < -0.3 is 10.0 Å². The Balaban J connectivity index is 2.63. The highest BCUT2D eigenvalue weighted by Crippen LogP contribution is 2.31. The van der Waals surface area contributed by atoms with Crippen LogP contribution in [0, 0.1) is 0 Å². The molecule has 1 saturated heterocycles. The van der Waals surface area contributed by atoms with E-state index >= 15 is 0 Å². The molecule has 1 aromatic rings. The molecule has 0 bridgehead atoms. The Kier molecular flexibility index (Phi) is 2.95. The lowest BCUT2D eigenvalue weighted by molar-refractivity contribution is -0.142. The molecule has 1 aliphatic heterocycles. The molecule has 8 nitrogen and oxygen atoms in total. The number of carboxylic acid groups (broad SMARTS) is 1. The summed E-state index contributed by atoms with van der Waals surface area (Å²) in [5.74, 6) is -0.991. The van der Waals surface area contributed by atoms with Gasteiger partial charge in [-0.1, -0.05) is 0 Å². The van der Waals surface area contributed by atoms with Crippen molar-refractivity contribution < 1.29 is 9.90 Å². The van der Waals surface area contributed by atoms with Crippen LogP contribution in [0.3, 0.4) is 0 Å². The molecule has 1 atom stereocenters. The van der Waals surface area contributed by atoms with Crippen LogP contribution in [0.25, 0.3) is 0 Å². The Labute approximate surface area is 108 Å². The summed E-state index contributed by atoms with van der Waals surface area (Å²) in [4.78, 5) is 36.5. The first kappa shape index (κ1) is 13.3. The molecule has 2 rings (SSSR count). The number of carboxylic acids is 1. The van der Waals surface area contributed by atoms with E-state index in [4.69, 9.17) is 0 Å². The Morgan fingerprint density at radius 1 is 1.37 bits per heavy atom. The lowest BCUT2D eigenvalue weighted by Crippen LogP contribution is -2.52. The molecule has 0 aliphatic carbocycles. The molecule has 0 aromatic carbocycles. The molecule has 0 amide bonds. The number of hydrogen-bond acceptors (Lipinski definition) is 5. The normalized spacial score (nSPS) is 22.8. The van der Waals surface area contributed by atoms with Crippen LogP contribution in [-0.2, 0) is 18.9 Å². The van der Waals surface area contributed by atoms with E-state index in [1.165, 1.54) is 19.0 Å². The molecule has 1 N–H and O–H groups in total. The largest absolute Gasteiger partial charge is 0.480 e. The van der Waals surface area contributed by atoms with Crippen molar-refractivity contribution in [3.05, 3.63) is 20.8 Å². The first-order valence-corrected chi connectivity index (χ1v) is 5.94. The summed E-state index contributed by atoms with van der Waals surface area (Å²) in [6.45, 7) is 2.00. The van der Waals surface area contributed by atoms with E-state index in [1.807, 2.05) is 0 Å². The van der Waals surface area contributed by atoms with Crippen molar-refractivity contribution in [2.75, 3.05) is 11.4 Å². The van der Waals surface area contributed by atoms with Crippen LogP contribution in [0.1, 0.15) is 19.8 Å². The fourth-order valence-electron chi connectivity index (χ4n) is 2.38. The van der Waals surface area contributed by atoms with E-state index in [0.717, 1.165) is 9.25 Å². The van der Waals surface area contributed by atoms with E-state index in [1.54, 1.807) is 6.92 Å². The summed E-state index contributed by atoms with van der Waals surface area (Å²) in [6.07, 6.45) is 1.10. The van der Waals surface area contributed by atoms with Gasteiger partial charge in [-0.15, -0.1) is 5.10 Å². The molecular weight excluding hydrogens is 252 g/mol. The van der Waals surface area contributed by atoms with Crippen molar-refractivity contribution in [1.29, 1.82) is 0 Å². The SMILES string of the molecule is Cn1nc(N2CCCC2(C)C(=O)O)c(=O)n(C)c1=O. The molecule has 8 heteroatoms. The molecule has 0 saturated carbocycles. The van der Waals surface area contributed by atoms with E-state index in [9.17, 15) is 19.5 Å². The van der Waals surface area contributed by atoms with Crippen LogP contribution >= 0.6 is 0 Å². The minimum Gasteiger partial charge on any atom is -0.480 e. The maximum Gasteiger partial charge on any atom is 0.346 e. The predicted octanol–water partition coefficient (Wildman–Crippen LogP) is -1.08. The monoisotopic (exact) mass is 268 g/mol. The summed E-state index contributed by atoms with van der Waals surface area (Å²) in [5, 5.41) is 13.3. The zero-order chi connectivity index (χ0) is 14.4. The fraction of sp³-hybridized carbons (Fsp3) is 0.636. The van der Waals surface area contributed by atoms with E-state index < -0.39 is 22.8 Å². The van der Waals surface area contributed by atoms with Gasteiger partial charge in [-0.25, -0.2) is 14.3 Å². The average molecular weight is 268 g/mol. The second-order valence-corrected chi connectivity index (χ2v) is 4.93. The Hall–Kier alpha value is -2.12. The standard InChI is InChI=1S/C11H16N4O4/c1-11(9(17)18)5-4-6-15(11)7-8(16)13(2)10(19)14(3)12-7/h4-6H2,1-3H3,(H,17,18). The van der Waals surface area contributed by atoms with Gasteiger partial charge in [-0.3, -0.25) is 9.36 Å². The maximum absolute atomic E-state index is 12.1. The van der Waals surface area contributed by atoms with Gasteiger partial charge in [0.15, 0.2) is 0 Å². The second-order valence-electron chi connectivity index (χ2n) is 4.93. The van der Waals surface area contributed by atoms with Crippen molar-refractivity contribution in [2.24, 2.45) is 14.1 Å². The third-order valence-corrected chi connectivity index (χ3v) is 3.66. The number of aromatic nitrogens is 3. The lowest BCUT2D eigenvalue weighted by atomic mass is 9.99. The fourth-order valence-corrected chi connectivity index (χ4v) is 2.38. The first-order valence-electron chi connectivity index (χ1n) is 5.94. The van der Waals surface area contributed by atoms with Gasteiger partial charge in [0.05, 0.1) is 0 Å². The zero-order valence-electron chi connectivity index (χ0n) is 11.1. The number of rotatable bonds is 2. The minimum atomic E-state index is -1.16. The molecule has 1 aliphatic rings. The molecule has 0 spiro atoms. The zero-order valence-corrected chi connectivity index (χ0v) is 11.1. The van der Waals surface area contributed by atoms with Crippen molar-refractivity contribution in [3.8, 4) is 0 Å². The van der Waals surface area contributed by atoms with E-state index in [0.29, 0.717) is 19.4 Å². The topological polar surface area (TPSA) is 97.4 Å². The average Bonchev–Trinajstić information content (AvgIpc) is 2.75. The molecule has 19 heavy (non-hydrogen) atoms. The first-order chi connectivity index (χ1) is 8.79. The van der Waals surface area contributed by atoms with Gasteiger partial charge in [0.1, 0.15) is 5.54 Å². The molecule has 104 valence electrons. The summed E-state index contributed by atoms with van der Waals surface area (Å²) in [6, 6.07) is 0. The van der Waals surface area contributed by atoms with Gasteiger partial charge in [-0.05, 0) is 19.8 Å². The van der Waals surface area contributed by atoms with Crippen molar-refractivity contribution >= 4 is 11.8 Å². The minimum absolute atomic E-state index is 0.00648. The Bertz CT molecular complexity index is 647. The lowest BCUT2D eigenvalue weighted by Gasteiger charge is -2.31. The quantitative estimate of drug-likeness (QED) is 0.733. The van der Waals surface area contributed by atoms with Crippen LogP contribution in [0.2, 0.25) is 0 Å². The molecule has 0 radical (unpaired) electrons. The van der Waals surface area contributed by atoms with E-state index in [-0.39, 0.29) is 5.82 Å². The molecule has 1 fully saturated rings. The number of aliphatic carboxylic acids is 1. The molecule has 2 heterocycles. The van der Waals surface area contributed by atoms with Crippen LogP contribution in [0.4, 0.5) is 5.82 Å². The number of hydrogen-bond donors (Lipinski definition) is 1. The number of nitrogens with zero attached hydrogens (tertiary/aromatic N) is 4. The third-order valence-electron chi connectivity index (χ3n) is 3.66. The summed E-state index contributed by atoms with van der Waals surface area (Å²) < 4.78 is 1.97. The highest BCUT2D eigenvalue weighted by atomic mass is 16.4. The van der Waals surface area contributed by atoms with Gasteiger partial charge in [0.25, 0.3) is 5.56 Å². The number of carbonyl (C=O) groups is 1. The summed E-state index contributed by atoms with van der Waals surface area (Å²) >= 11 is 0. The number of aryl methyl sites for hydroxylation is 1. The van der Waals surface area contributed by atoms with Crippen LogP contribution in [-0.4, -0.2) is 37.5 Å². The van der Waals surface area contributed by atoms with Crippen LogP contribution in [0.15, 0.2) is 9.59 Å². The van der Waals surface area contributed by atoms with Gasteiger partial charge in [0.2, 0.25) is 5.82 Å². The van der Waals surface area contributed by atoms with Crippen LogP contribution in [0.5, 0.6) is 0 Å². The Morgan fingerprint density at radius 2 is 2.00 bits per heavy atom. The maximum atomic E-state index is 12.1. The summed E-state index contributed by atoms with van der Waals surface area (Å²) in [7, 11) is 2.78. The second kappa shape index (κ2) is 4.22. The highest BCUT2D eigenvalue weighted by Gasteiger charge is 2.45. The van der Waals surface area contributed by atoms with Crippen LogP contribution < -0.4 is 16.1 Å². The molecular formula is C11H16N4O4. The molecule has 1 aromatic heterocycles. The highest BCUT2D eigenvalue weighted by molar-refractivity contribution is 5.83. The van der Waals surface area contributed by atoms with Gasteiger partial charge >= 0.3 is 11.7 Å². The van der Waals surface area contributed by atoms with Crippen molar-refractivity contribution in [1.82, 2.24) is 14.3 Å². The number of anilines is 1.